The van der Waals surface area contributed by atoms with Crippen LogP contribution in [-0.4, -0.2) is 34.8 Å². The molecule has 0 aromatic rings. The molecule has 54 valence electrons. The molecule has 0 bridgehead atoms. The molecule has 0 aromatic heterocycles. The zero-order valence-corrected chi connectivity index (χ0v) is 8.66. The van der Waals surface area contributed by atoms with Crippen molar-refractivity contribution in [2.75, 3.05) is 6.61 Å². The number of halogens is 2. The van der Waals surface area contributed by atoms with Gasteiger partial charge >= 0.3 is 23.1 Å². The minimum absolute atomic E-state index is 0. The third-order valence-electron chi connectivity index (χ3n) is 0.762. The van der Waals surface area contributed by atoms with Crippen LogP contribution in [0.15, 0.2) is 0 Å². The van der Waals surface area contributed by atoms with Gasteiger partial charge in [-0.25, -0.2) is 0 Å². The molecule has 0 aliphatic rings. The van der Waals surface area contributed by atoms with E-state index in [0.717, 1.165) is 12.8 Å². The SMILES string of the molecule is CCCCCO.[Cl-].[Cl-].[Mg+2]. The zero-order valence-electron chi connectivity index (χ0n) is 5.74. The molecule has 0 spiro atoms. The maximum Gasteiger partial charge on any atom is 2.00 e. The van der Waals surface area contributed by atoms with Gasteiger partial charge in [-0.2, -0.15) is 0 Å². The van der Waals surface area contributed by atoms with Crippen LogP contribution in [0.1, 0.15) is 26.2 Å². The second-order valence-electron chi connectivity index (χ2n) is 1.43. The molecule has 0 heterocycles. The predicted molar refractivity (Wildman–Crippen MR) is 32.4 cm³/mol. The molecule has 0 saturated carbocycles. The Morgan fingerprint density at radius 2 is 1.56 bits per heavy atom. The van der Waals surface area contributed by atoms with Gasteiger partial charge in [-0.3, -0.25) is 0 Å². The Bertz CT molecular complexity index is 26.9. The summed E-state index contributed by atoms with van der Waals surface area (Å²) in [6.45, 7) is 2.48. The van der Waals surface area contributed by atoms with Gasteiger partial charge in [-0.15, -0.1) is 0 Å². The van der Waals surface area contributed by atoms with Gasteiger partial charge in [-0.1, -0.05) is 19.8 Å². The largest absolute Gasteiger partial charge is 2.00 e. The van der Waals surface area contributed by atoms with Crippen molar-refractivity contribution < 1.29 is 29.9 Å². The molecule has 0 aliphatic carbocycles. The smallest absolute Gasteiger partial charge is 1.00 e. The summed E-state index contributed by atoms with van der Waals surface area (Å²) in [6, 6.07) is 0. The van der Waals surface area contributed by atoms with Crippen molar-refractivity contribution in [1.82, 2.24) is 0 Å². The summed E-state index contributed by atoms with van der Waals surface area (Å²) in [7, 11) is 0. The quantitative estimate of drug-likeness (QED) is 0.343. The van der Waals surface area contributed by atoms with Crippen LogP contribution in [-0.2, 0) is 0 Å². The number of hydrogen-bond donors (Lipinski definition) is 1. The second kappa shape index (κ2) is 22.8. The van der Waals surface area contributed by atoms with Gasteiger partial charge in [0, 0.05) is 6.61 Å². The van der Waals surface area contributed by atoms with E-state index >= 15 is 0 Å². The van der Waals surface area contributed by atoms with E-state index in [9.17, 15) is 0 Å². The summed E-state index contributed by atoms with van der Waals surface area (Å²) in [5.74, 6) is 0. The van der Waals surface area contributed by atoms with E-state index in [0.29, 0.717) is 6.61 Å². The molecular weight excluding hydrogens is 171 g/mol. The fourth-order valence-electron chi connectivity index (χ4n) is 0.362. The Hall–Kier alpha value is 1.31. The van der Waals surface area contributed by atoms with E-state index in [1.54, 1.807) is 0 Å². The normalized spacial score (nSPS) is 6.00. The van der Waals surface area contributed by atoms with Crippen LogP contribution in [0.2, 0.25) is 0 Å². The van der Waals surface area contributed by atoms with Gasteiger partial charge in [0.25, 0.3) is 0 Å². The summed E-state index contributed by atoms with van der Waals surface area (Å²) >= 11 is 0. The molecule has 0 amide bonds. The third-order valence-corrected chi connectivity index (χ3v) is 0.762. The minimum atomic E-state index is 0. The van der Waals surface area contributed by atoms with Crippen LogP contribution in [0.4, 0.5) is 0 Å². The van der Waals surface area contributed by atoms with E-state index in [-0.39, 0.29) is 47.9 Å². The van der Waals surface area contributed by atoms with Crippen molar-refractivity contribution in [3.8, 4) is 0 Å². The Labute approximate surface area is 85.6 Å². The Kier molecular flexibility index (Phi) is 56.9. The van der Waals surface area contributed by atoms with Crippen LogP contribution in [0, 0.1) is 0 Å². The number of aliphatic hydroxyl groups excluding tert-OH is 1. The molecule has 0 aromatic carbocycles. The number of rotatable bonds is 3. The standard InChI is InChI=1S/C5H12O.2ClH.Mg/c1-2-3-4-5-6;;;/h6H,2-5H2,1H3;2*1H;/q;;;+2/p-2. The maximum absolute atomic E-state index is 8.20. The molecule has 4 heteroatoms. The fraction of sp³-hybridized carbons (Fsp3) is 1.00. The Morgan fingerprint density at radius 1 is 1.11 bits per heavy atom. The van der Waals surface area contributed by atoms with Gasteiger partial charge < -0.3 is 29.9 Å². The molecule has 1 nitrogen and oxygen atoms in total. The van der Waals surface area contributed by atoms with Crippen LogP contribution in [0.25, 0.3) is 0 Å². The first-order valence-corrected chi connectivity index (χ1v) is 2.52. The van der Waals surface area contributed by atoms with Crippen molar-refractivity contribution in [2.24, 2.45) is 0 Å². The molecule has 0 saturated heterocycles. The monoisotopic (exact) mass is 182 g/mol. The summed E-state index contributed by atoms with van der Waals surface area (Å²) in [5, 5.41) is 8.20. The molecule has 0 aliphatic heterocycles. The van der Waals surface area contributed by atoms with Gasteiger partial charge in [0.2, 0.25) is 0 Å². The van der Waals surface area contributed by atoms with Crippen molar-refractivity contribution in [2.45, 2.75) is 26.2 Å². The van der Waals surface area contributed by atoms with E-state index < -0.39 is 0 Å². The molecule has 9 heavy (non-hydrogen) atoms. The zero-order chi connectivity index (χ0) is 4.83. The van der Waals surface area contributed by atoms with E-state index in [4.69, 9.17) is 5.11 Å². The predicted octanol–water partition coefficient (Wildman–Crippen LogP) is -5.20. The average Bonchev–Trinajstić information content (AvgIpc) is 1.61. The number of aliphatic hydroxyl groups is 1. The Balaban J connectivity index is -0.0000000417. The van der Waals surface area contributed by atoms with E-state index in [1.165, 1.54) is 6.42 Å². The van der Waals surface area contributed by atoms with Gasteiger partial charge in [0.05, 0.1) is 0 Å². The van der Waals surface area contributed by atoms with Crippen molar-refractivity contribution in [1.29, 1.82) is 0 Å². The van der Waals surface area contributed by atoms with Crippen LogP contribution in [0.5, 0.6) is 0 Å². The van der Waals surface area contributed by atoms with Crippen molar-refractivity contribution >= 4 is 23.1 Å². The molecule has 1 N–H and O–H groups in total. The molecule has 0 atom stereocenters. The average molecular weight is 183 g/mol. The van der Waals surface area contributed by atoms with Crippen LogP contribution in [0.3, 0.4) is 0 Å². The fourth-order valence-corrected chi connectivity index (χ4v) is 0.362. The first-order chi connectivity index (χ1) is 2.91. The third kappa shape index (κ3) is 26.8. The molecule has 0 rings (SSSR count). The number of hydrogen-bond acceptors (Lipinski definition) is 1. The summed E-state index contributed by atoms with van der Waals surface area (Å²) in [5.41, 5.74) is 0. The Morgan fingerprint density at radius 3 is 1.67 bits per heavy atom. The maximum atomic E-state index is 8.20. The molecule has 0 radical (unpaired) electrons. The second-order valence-corrected chi connectivity index (χ2v) is 1.43. The molecular formula is C5H12Cl2MgO. The molecule has 0 fully saturated rings. The van der Waals surface area contributed by atoms with E-state index in [2.05, 4.69) is 6.92 Å². The van der Waals surface area contributed by atoms with Gasteiger partial charge in [0.15, 0.2) is 0 Å². The first-order valence-electron chi connectivity index (χ1n) is 2.52. The van der Waals surface area contributed by atoms with Crippen LogP contribution < -0.4 is 24.8 Å². The number of unbranched alkanes of at least 4 members (excludes halogenated alkanes) is 2. The summed E-state index contributed by atoms with van der Waals surface area (Å²) in [4.78, 5) is 0. The first kappa shape index (κ1) is 22.4. The molecule has 0 unspecified atom stereocenters. The topological polar surface area (TPSA) is 20.2 Å². The summed E-state index contributed by atoms with van der Waals surface area (Å²) in [6.07, 6.45) is 3.33. The van der Waals surface area contributed by atoms with Gasteiger partial charge in [-0.05, 0) is 6.42 Å². The summed E-state index contributed by atoms with van der Waals surface area (Å²) < 4.78 is 0. The van der Waals surface area contributed by atoms with Gasteiger partial charge in [0.1, 0.15) is 0 Å². The van der Waals surface area contributed by atoms with Crippen molar-refractivity contribution in [3.05, 3.63) is 0 Å². The minimum Gasteiger partial charge on any atom is -1.00 e. The van der Waals surface area contributed by atoms with E-state index in [1.807, 2.05) is 0 Å². The van der Waals surface area contributed by atoms with Crippen molar-refractivity contribution in [3.63, 3.8) is 0 Å². The van der Waals surface area contributed by atoms with Crippen LogP contribution >= 0.6 is 0 Å².